The van der Waals surface area contributed by atoms with Crippen LogP contribution in [0.1, 0.15) is 55.4 Å². The molecule has 0 bridgehead atoms. The van der Waals surface area contributed by atoms with Gasteiger partial charge in [0.25, 0.3) is 0 Å². The summed E-state index contributed by atoms with van der Waals surface area (Å²) in [6.07, 6.45) is 0. The molecule has 0 spiro atoms. The summed E-state index contributed by atoms with van der Waals surface area (Å²) in [5.74, 6) is 1.58. The van der Waals surface area contributed by atoms with Crippen molar-refractivity contribution in [3.05, 3.63) is 24.3 Å². The highest BCUT2D eigenvalue weighted by Crippen LogP contribution is 2.14. The highest BCUT2D eigenvalue weighted by atomic mass is 15.2. The molecule has 0 unspecified atom stereocenters. The SMILES string of the molecule is CC(C)N=C(Nc1ccc(NC(=NC(C)C)NC(C)C)cc1)NC(C)C. The van der Waals surface area contributed by atoms with Gasteiger partial charge in [-0.1, -0.05) is 0 Å². The molecule has 0 aromatic heterocycles. The van der Waals surface area contributed by atoms with E-state index in [2.05, 4.69) is 86.6 Å². The maximum absolute atomic E-state index is 4.60. The number of aliphatic imine (C=N–C) groups is 2. The predicted molar refractivity (Wildman–Crippen MR) is 115 cm³/mol. The largest absolute Gasteiger partial charge is 0.354 e. The summed E-state index contributed by atoms with van der Waals surface area (Å²) in [6.45, 7) is 16.7. The number of anilines is 2. The van der Waals surface area contributed by atoms with E-state index in [0.29, 0.717) is 12.1 Å². The van der Waals surface area contributed by atoms with Crippen molar-refractivity contribution in [2.75, 3.05) is 10.6 Å². The van der Waals surface area contributed by atoms with E-state index in [1.54, 1.807) is 0 Å². The Morgan fingerprint density at radius 3 is 1.15 bits per heavy atom. The average Bonchev–Trinajstić information content (AvgIpc) is 2.46. The first-order valence-electron chi connectivity index (χ1n) is 9.48. The van der Waals surface area contributed by atoms with E-state index in [0.717, 1.165) is 23.3 Å². The molecule has 146 valence electrons. The van der Waals surface area contributed by atoms with Crippen LogP contribution in [0.2, 0.25) is 0 Å². The van der Waals surface area contributed by atoms with Gasteiger partial charge in [0.1, 0.15) is 0 Å². The molecule has 0 aliphatic rings. The Morgan fingerprint density at radius 1 is 0.615 bits per heavy atom. The molecule has 0 saturated heterocycles. The van der Waals surface area contributed by atoms with E-state index < -0.39 is 0 Å². The zero-order chi connectivity index (χ0) is 19.7. The first-order valence-corrected chi connectivity index (χ1v) is 9.48. The first-order chi connectivity index (χ1) is 12.2. The highest BCUT2D eigenvalue weighted by Gasteiger charge is 2.06. The van der Waals surface area contributed by atoms with Gasteiger partial charge in [-0.3, -0.25) is 9.98 Å². The lowest BCUT2D eigenvalue weighted by Gasteiger charge is -2.18. The minimum atomic E-state index is 0.224. The number of guanidine groups is 2. The van der Waals surface area contributed by atoms with E-state index in [1.165, 1.54) is 0 Å². The monoisotopic (exact) mass is 360 g/mol. The molecular formula is C20H36N6. The van der Waals surface area contributed by atoms with Crippen LogP contribution in [0.15, 0.2) is 34.3 Å². The fourth-order valence-electron chi connectivity index (χ4n) is 2.18. The Labute approximate surface area is 159 Å². The maximum atomic E-state index is 4.60. The molecule has 0 fully saturated rings. The van der Waals surface area contributed by atoms with Gasteiger partial charge in [-0.25, -0.2) is 0 Å². The number of nitrogens with zero attached hydrogens (tertiary/aromatic N) is 2. The molecule has 0 saturated carbocycles. The number of hydrogen-bond donors (Lipinski definition) is 4. The van der Waals surface area contributed by atoms with Crippen molar-refractivity contribution in [3.63, 3.8) is 0 Å². The number of nitrogens with one attached hydrogen (secondary N) is 4. The molecule has 4 N–H and O–H groups in total. The summed E-state index contributed by atoms with van der Waals surface area (Å²) in [5.41, 5.74) is 1.98. The van der Waals surface area contributed by atoms with Crippen LogP contribution in [0.5, 0.6) is 0 Å². The fraction of sp³-hybridized carbons (Fsp3) is 0.600. The molecule has 1 aromatic rings. The lowest BCUT2D eigenvalue weighted by molar-refractivity contribution is 0.717. The number of rotatable bonds is 6. The Kier molecular flexibility index (Phi) is 8.96. The molecule has 0 amide bonds. The van der Waals surface area contributed by atoms with Gasteiger partial charge in [-0.15, -0.1) is 0 Å². The second-order valence-corrected chi connectivity index (χ2v) is 7.57. The Bertz CT molecular complexity index is 532. The molecule has 0 heterocycles. The van der Waals surface area contributed by atoms with Crippen molar-refractivity contribution in [2.24, 2.45) is 9.98 Å². The first kappa shape index (κ1) is 21.8. The maximum Gasteiger partial charge on any atom is 0.196 e. The number of benzene rings is 1. The third kappa shape index (κ3) is 9.30. The number of hydrogen-bond acceptors (Lipinski definition) is 2. The van der Waals surface area contributed by atoms with Crippen LogP contribution in [0.25, 0.3) is 0 Å². The summed E-state index contributed by atoms with van der Waals surface area (Å²) in [7, 11) is 0. The zero-order valence-electron chi connectivity index (χ0n) is 17.5. The van der Waals surface area contributed by atoms with Gasteiger partial charge in [0, 0.05) is 35.5 Å². The van der Waals surface area contributed by atoms with Gasteiger partial charge in [-0.05, 0) is 79.7 Å². The normalized spacial score (nSPS) is 12.9. The molecule has 0 atom stereocenters. The van der Waals surface area contributed by atoms with Crippen molar-refractivity contribution in [2.45, 2.75) is 79.6 Å². The van der Waals surface area contributed by atoms with E-state index in [-0.39, 0.29) is 12.1 Å². The van der Waals surface area contributed by atoms with E-state index in [1.807, 2.05) is 24.3 Å². The molecule has 6 heteroatoms. The summed E-state index contributed by atoms with van der Waals surface area (Å²) >= 11 is 0. The zero-order valence-corrected chi connectivity index (χ0v) is 17.5. The third-order valence-corrected chi connectivity index (χ3v) is 3.04. The van der Waals surface area contributed by atoms with E-state index in [4.69, 9.17) is 0 Å². The minimum absolute atomic E-state index is 0.224. The summed E-state index contributed by atoms with van der Waals surface area (Å²) in [4.78, 5) is 9.20. The summed E-state index contributed by atoms with van der Waals surface area (Å²) in [6, 6.07) is 9.20. The van der Waals surface area contributed by atoms with Crippen LogP contribution in [0.4, 0.5) is 11.4 Å². The van der Waals surface area contributed by atoms with Gasteiger partial charge in [0.15, 0.2) is 11.9 Å². The molecule has 0 radical (unpaired) electrons. The van der Waals surface area contributed by atoms with Crippen molar-refractivity contribution in [1.29, 1.82) is 0 Å². The van der Waals surface area contributed by atoms with Crippen LogP contribution >= 0.6 is 0 Å². The third-order valence-electron chi connectivity index (χ3n) is 3.04. The van der Waals surface area contributed by atoms with Crippen LogP contribution < -0.4 is 21.3 Å². The van der Waals surface area contributed by atoms with E-state index in [9.17, 15) is 0 Å². The topological polar surface area (TPSA) is 72.8 Å². The summed E-state index contributed by atoms with van der Waals surface area (Å²) in [5, 5.41) is 13.4. The van der Waals surface area contributed by atoms with Gasteiger partial charge in [0.2, 0.25) is 0 Å². The minimum Gasteiger partial charge on any atom is -0.354 e. The second kappa shape index (κ2) is 10.7. The van der Waals surface area contributed by atoms with Crippen molar-refractivity contribution in [3.8, 4) is 0 Å². The van der Waals surface area contributed by atoms with Crippen LogP contribution in [0.3, 0.4) is 0 Å². The Hall–Kier alpha value is -2.24. The fourth-order valence-corrected chi connectivity index (χ4v) is 2.18. The van der Waals surface area contributed by atoms with Crippen LogP contribution in [-0.2, 0) is 0 Å². The molecule has 1 rings (SSSR count). The lowest BCUT2D eigenvalue weighted by atomic mass is 10.2. The highest BCUT2D eigenvalue weighted by molar-refractivity contribution is 5.96. The van der Waals surface area contributed by atoms with Gasteiger partial charge < -0.3 is 21.3 Å². The molecule has 6 nitrogen and oxygen atoms in total. The van der Waals surface area contributed by atoms with Crippen LogP contribution in [0, 0.1) is 0 Å². The molecule has 1 aromatic carbocycles. The van der Waals surface area contributed by atoms with Gasteiger partial charge in [0.05, 0.1) is 0 Å². The Morgan fingerprint density at radius 2 is 0.923 bits per heavy atom. The van der Waals surface area contributed by atoms with Crippen LogP contribution in [-0.4, -0.2) is 36.1 Å². The molecular weight excluding hydrogens is 324 g/mol. The lowest BCUT2D eigenvalue weighted by Crippen LogP contribution is -2.37. The Balaban J connectivity index is 2.83. The summed E-state index contributed by atoms with van der Waals surface area (Å²) < 4.78 is 0. The van der Waals surface area contributed by atoms with E-state index >= 15 is 0 Å². The molecule has 0 aliphatic heterocycles. The molecule has 0 aliphatic carbocycles. The van der Waals surface area contributed by atoms with Gasteiger partial charge in [-0.2, -0.15) is 0 Å². The predicted octanol–water partition coefficient (Wildman–Crippen LogP) is 4.04. The average molecular weight is 361 g/mol. The quantitative estimate of drug-likeness (QED) is 0.456. The van der Waals surface area contributed by atoms with Crippen molar-refractivity contribution in [1.82, 2.24) is 10.6 Å². The van der Waals surface area contributed by atoms with Gasteiger partial charge >= 0.3 is 0 Å². The smallest absolute Gasteiger partial charge is 0.196 e. The van der Waals surface area contributed by atoms with Crippen molar-refractivity contribution < 1.29 is 0 Å². The standard InChI is InChI=1S/C20H36N6/c1-13(2)21-19(22-14(3)4)25-17-9-11-18(12-10-17)26-20(23-15(5)6)24-16(7)8/h9-16H,1-8H3,(H2,21,22,25)(H2,23,24,26). The van der Waals surface area contributed by atoms with Crippen molar-refractivity contribution >= 4 is 23.3 Å². The second-order valence-electron chi connectivity index (χ2n) is 7.57. The molecule has 26 heavy (non-hydrogen) atoms.